The van der Waals surface area contributed by atoms with Gasteiger partial charge in [0.15, 0.2) is 5.76 Å². The van der Waals surface area contributed by atoms with Crippen LogP contribution >= 0.6 is 0 Å². The number of nitro groups is 1. The SMILES string of the molecule is O=C(NCC1CCCO1)c1ccc(Cn2cc([N+](=O)[O-])cn2)o1. The van der Waals surface area contributed by atoms with E-state index in [9.17, 15) is 14.9 Å². The molecule has 0 bridgehead atoms. The van der Waals surface area contributed by atoms with Gasteiger partial charge in [-0.2, -0.15) is 5.10 Å². The number of hydrogen-bond donors (Lipinski definition) is 1. The minimum absolute atomic E-state index is 0.0676. The van der Waals surface area contributed by atoms with Crippen LogP contribution in [0.4, 0.5) is 5.69 Å². The molecule has 3 rings (SSSR count). The highest BCUT2D eigenvalue weighted by atomic mass is 16.6. The van der Waals surface area contributed by atoms with Crippen molar-refractivity contribution in [1.82, 2.24) is 15.1 Å². The van der Waals surface area contributed by atoms with Crippen LogP contribution in [0.2, 0.25) is 0 Å². The van der Waals surface area contributed by atoms with Gasteiger partial charge in [-0.25, -0.2) is 0 Å². The van der Waals surface area contributed by atoms with Crippen LogP contribution in [-0.2, 0) is 11.3 Å². The van der Waals surface area contributed by atoms with Crippen molar-refractivity contribution in [2.24, 2.45) is 0 Å². The van der Waals surface area contributed by atoms with Crippen molar-refractivity contribution in [3.05, 3.63) is 46.2 Å². The van der Waals surface area contributed by atoms with Crippen molar-refractivity contribution in [1.29, 1.82) is 0 Å². The van der Waals surface area contributed by atoms with Gasteiger partial charge in [0.1, 0.15) is 18.2 Å². The van der Waals surface area contributed by atoms with E-state index in [0.29, 0.717) is 12.3 Å². The number of carbonyl (C=O) groups is 1. The maximum absolute atomic E-state index is 12.0. The fourth-order valence-corrected chi connectivity index (χ4v) is 2.38. The van der Waals surface area contributed by atoms with Gasteiger partial charge >= 0.3 is 5.69 Å². The Bertz CT molecular complexity index is 702. The van der Waals surface area contributed by atoms with Gasteiger partial charge in [0, 0.05) is 13.2 Å². The minimum atomic E-state index is -0.518. The Hall–Kier alpha value is -2.68. The molecular formula is C14H16N4O5. The molecule has 0 aliphatic carbocycles. The third-order valence-electron chi connectivity index (χ3n) is 3.55. The van der Waals surface area contributed by atoms with E-state index in [0.717, 1.165) is 25.6 Å². The number of carbonyl (C=O) groups excluding carboxylic acids is 1. The summed E-state index contributed by atoms with van der Waals surface area (Å²) in [5.74, 6) is 0.378. The molecule has 0 spiro atoms. The van der Waals surface area contributed by atoms with E-state index in [1.165, 1.54) is 10.9 Å². The first-order chi connectivity index (χ1) is 11.1. The Kier molecular flexibility index (Phi) is 4.38. The van der Waals surface area contributed by atoms with Crippen molar-refractivity contribution in [3.8, 4) is 0 Å². The number of rotatable bonds is 6. The van der Waals surface area contributed by atoms with Gasteiger partial charge in [0.25, 0.3) is 5.91 Å². The smallest absolute Gasteiger partial charge is 0.307 e. The highest BCUT2D eigenvalue weighted by Crippen LogP contribution is 2.14. The second kappa shape index (κ2) is 6.61. The van der Waals surface area contributed by atoms with Gasteiger partial charge in [0.05, 0.1) is 17.6 Å². The lowest BCUT2D eigenvalue weighted by Crippen LogP contribution is -2.31. The first-order valence-corrected chi connectivity index (χ1v) is 7.27. The lowest BCUT2D eigenvalue weighted by Gasteiger charge is -2.09. The number of nitrogens with zero attached hydrogens (tertiary/aromatic N) is 3. The van der Waals surface area contributed by atoms with Crippen LogP contribution in [0.3, 0.4) is 0 Å². The van der Waals surface area contributed by atoms with Crippen LogP contribution in [0.15, 0.2) is 28.9 Å². The Morgan fingerprint density at radius 2 is 2.39 bits per heavy atom. The van der Waals surface area contributed by atoms with Crippen molar-refractivity contribution in [2.45, 2.75) is 25.5 Å². The van der Waals surface area contributed by atoms with Crippen LogP contribution < -0.4 is 5.32 Å². The summed E-state index contributed by atoms with van der Waals surface area (Å²) in [7, 11) is 0. The first kappa shape index (κ1) is 15.2. The third kappa shape index (κ3) is 3.75. The molecule has 0 radical (unpaired) electrons. The number of ether oxygens (including phenoxy) is 1. The van der Waals surface area contributed by atoms with Crippen molar-refractivity contribution < 1.29 is 18.9 Å². The van der Waals surface area contributed by atoms with E-state index in [-0.39, 0.29) is 30.0 Å². The van der Waals surface area contributed by atoms with Gasteiger partial charge in [0.2, 0.25) is 0 Å². The molecule has 2 aromatic heterocycles. The largest absolute Gasteiger partial charge is 0.454 e. The molecule has 2 aromatic rings. The van der Waals surface area contributed by atoms with Crippen molar-refractivity contribution in [3.63, 3.8) is 0 Å². The Balaban J connectivity index is 1.56. The first-order valence-electron chi connectivity index (χ1n) is 7.27. The normalized spacial score (nSPS) is 17.3. The molecule has 1 N–H and O–H groups in total. The fourth-order valence-electron chi connectivity index (χ4n) is 2.38. The molecule has 1 atom stereocenters. The summed E-state index contributed by atoms with van der Waals surface area (Å²) >= 11 is 0. The molecule has 1 fully saturated rings. The van der Waals surface area contributed by atoms with E-state index in [2.05, 4.69) is 10.4 Å². The van der Waals surface area contributed by atoms with E-state index >= 15 is 0 Å². The summed E-state index contributed by atoms with van der Waals surface area (Å²) in [6.45, 7) is 1.41. The van der Waals surface area contributed by atoms with Crippen LogP contribution in [-0.4, -0.2) is 39.9 Å². The molecule has 9 heteroatoms. The van der Waals surface area contributed by atoms with E-state index < -0.39 is 4.92 Å². The van der Waals surface area contributed by atoms with Crippen LogP contribution in [0, 0.1) is 10.1 Å². The van der Waals surface area contributed by atoms with Crippen LogP contribution in [0.1, 0.15) is 29.2 Å². The fraction of sp³-hybridized carbons (Fsp3) is 0.429. The number of aromatic nitrogens is 2. The van der Waals surface area contributed by atoms with E-state index in [1.807, 2.05) is 0 Å². The summed E-state index contributed by atoms with van der Waals surface area (Å²) in [5.41, 5.74) is -0.0916. The quantitative estimate of drug-likeness (QED) is 0.635. The molecular weight excluding hydrogens is 304 g/mol. The molecule has 3 heterocycles. The Morgan fingerprint density at radius 1 is 1.52 bits per heavy atom. The maximum Gasteiger partial charge on any atom is 0.307 e. The molecule has 9 nitrogen and oxygen atoms in total. The highest BCUT2D eigenvalue weighted by molar-refractivity contribution is 5.91. The number of amides is 1. The molecule has 0 aromatic carbocycles. The zero-order valence-electron chi connectivity index (χ0n) is 12.3. The molecule has 1 amide bonds. The molecule has 1 saturated heterocycles. The second-order valence-corrected chi connectivity index (χ2v) is 5.26. The van der Waals surface area contributed by atoms with Gasteiger partial charge in [-0.1, -0.05) is 0 Å². The van der Waals surface area contributed by atoms with E-state index in [4.69, 9.17) is 9.15 Å². The van der Waals surface area contributed by atoms with Gasteiger partial charge < -0.3 is 14.5 Å². The van der Waals surface area contributed by atoms with Crippen LogP contribution in [0.25, 0.3) is 0 Å². The Labute approximate surface area is 131 Å². The Morgan fingerprint density at radius 3 is 3.09 bits per heavy atom. The van der Waals surface area contributed by atoms with Crippen molar-refractivity contribution >= 4 is 11.6 Å². The average molecular weight is 320 g/mol. The monoisotopic (exact) mass is 320 g/mol. The topological polar surface area (TPSA) is 112 Å². The van der Waals surface area contributed by atoms with Gasteiger partial charge in [-0.05, 0) is 25.0 Å². The zero-order chi connectivity index (χ0) is 16.2. The molecule has 0 saturated carbocycles. The van der Waals surface area contributed by atoms with Crippen LogP contribution in [0.5, 0.6) is 0 Å². The predicted octanol–water partition coefficient (Wildman–Crippen LogP) is 1.34. The predicted molar refractivity (Wildman–Crippen MR) is 78.0 cm³/mol. The summed E-state index contributed by atoms with van der Waals surface area (Å²) in [6.07, 6.45) is 4.50. The number of nitrogens with one attached hydrogen (secondary N) is 1. The molecule has 1 unspecified atom stereocenters. The second-order valence-electron chi connectivity index (χ2n) is 5.26. The van der Waals surface area contributed by atoms with E-state index in [1.54, 1.807) is 12.1 Å². The number of furan rings is 1. The lowest BCUT2D eigenvalue weighted by atomic mass is 10.2. The minimum Gasteiger partial charge on any atom is -0.454 e. The van der Waals surface area contributed by atoms with Crippen molar-refractivity contribution in [2.75, 3.05) is 13.2 Å². The molecule has 1 aliphatic rings. The summed E-state index contributed by atoms with van der Waals surface area (Å²) in [5, 5.41) is 17.2. The lowest BCUT2D eigenvalue weighted by molar-refractivity contribution is -0.385. The average Bonchev–Trinajstić information content (AvgIpc) is 3.27. The highest BCUT2D eigenvalue weighted by Gasteiger charge is 2.18. The maximum atomic E-state index is 12.0. The molecule has 1 aliphatic heterocycles. The van der Waals surface area contributed by atoms with Gasteiger partial charge in [-0.3, -0.25) is 19.6 Å². The molecule has 122 valence electrons. The third-order valence-corrected chi connectivity index (χ3v) is 3.55. The summed E-state index contributed by atoms with van der Waals surface area (Å²) in [4.78, 5) is 22.1. The summed E-state index contributed by atoms with van der Waals surface area (Å²) in [6, 6.07) is 3.21. The number of hydrogen-bond acceptors (Lipinski definition) is 6. The van der Waals surface area contributed by atoms with Gasteiger partial charge in [-0.15, -0.1) is 0 Å². The summed E-state index contributed by atoms with van der Waals surface area (Å²) < 4.78 is 12.3. The molecule has 23 heavy (non-hydrogen) atoms. The zero-order valence-corrected chi connectivity index (χ0v) is 12.3. The standard InChI is InChI=1S/C14H16N4O5/c19-14(15-7-11-2-1-5-22-11)13-4-3-12(23-13)9-17-8-10(6-16-17)18(20)21/h3-4,6,8,11H,1-2,5,7,9H2,(H,15,19).